The maximum Gasteiger partial charge on any atom is 0.330 e. The predicted molar refractivity (Wildman–Crippen MR) is 135 cm³/mol. The van der Waals surface area contributed by atoms with E-state index in [1.54, 1.807) is 0 Å². The summed E-state index contributed by atoms with van der Waals surface area (Å²) in [6, 6.07) is 0. The molecule has 0 saturated heterocycles. The van der Waals surface area contributed by atoms with Crippen molar-refractivity contribution in [2.75, 3.05) is 52.9 Å². The van der Waals surface area contributed by atoms with Crippen LogP contribution in [0.4, 0.5) is 0 Å². The molecule has 1 rings (SSSR count). The van der Waals surface area contributed by atoms with Crippen molar-refractivity contribution >= 4 is 11.9 Å². The zero-order valence-corrected chi connectivity index (χ0v) is 22.0. The number of hydrogen-bond donors (Lipinski definition) is 4. The summed E-state index contributed by atoms with van der Waals surface area (Å²) in [6.45, 7) is 7.57. The maximum atomic E-state index is 10.9. The SMILES string of the molecule is C=CC(=O)OCCC(O)OCC(O)COCC1CCC(COCC(O)CO[C@@H](O)CCOC(=O)C=C)CC1. The molecule has 12 heteroatoms. The minimum absolute atomic E-state index is 0.0105. The van der Waals surface area contributed by atoms with Gasteiger partial charge < -0.3 is 48.8 Å². The van der Waals surface area contributed by atoms with Crippen LogP contribution in [0.3, 0.4) is 0 Å². The topological polar surface area (TPSA) is 170 Å². The number of rotatable bonds is 22. The van der Waals surface area contributed by atoms with E-state index < -0.39 is 36.7 Å². The smallest absolute Gasteiger partial charge is 0.330 e. The summed E-state index contributed by atoms with van der Waals surface area (Å²) in [5, 5.41) is 39.3. The van der Waals surface area contributed by atoms with Gasteiger partial charge in [0.1, 0.15) is 12.2 Å². The fourth-order valence-electron chi connectivity index (χ4n) is 3.65. The summed E-state index contributed by atoms with van der Waals surface area (Å²) >= 11 is 0. The molecule has 3 unspecified atom stereocenters. The summed E-state index contributed by atoms with van der Waals surface area (Å²) < 4.78 is 31.0. The first-order valence-corrected chi connectivity index (χ1v) is 12.9. The van der Waals surface area contributed by atoms with Gasteiger partial charge in [0.15, 0.2) is 12.6 Å². The molecular formula is C26H44O12. The molecular weight excluding hydrogens is 504 g/mol. The van der Waals surface area contributed by atoms with Gasteiger partial charge in [-0.1, -0.05) is 13.2 Å². The average Bonchev–Trinajstić information content (AvgIpc) is 2.91. The summed E-state index contributed by atoms with van der Waals surface area (Å²) in [7, 11) is 0. The van der Waals surface area contributed by atoms with Gasteiger partial charge in [-0.2, -0.15) is 0 Å². The predicted octanol–water partition coefficient (Wildman–Crippen LogP) is 0.456. The molecule has 0 aromatic carbocycles. The molecule has 0 amide bonds. The zero-order chi connectivity index (χ0) is 28.2. The second-order valence-corrected chi connectivity index (χ2v) is 9.17. The highest BCUT2D eigenvalue weighted by molar-refractivity contribution is 5.81. The van der Waals surface area contributed by atoms with Crippen LogP contribution >= 0.6 is 0 Å². The van der Waals surface area contributed by atoms with E-state index in [0.717, 1.165) is 37.8 Å². The molecule has 0 bridgehead atoms. The van der Waals surface area contributed by atoms with E-state index in [1.165, 1.54) is 0 Å². The van der Waals surface area contributed by atoms with Crippen LogP contribution in [0.5, 0.6) is 0 Å². The van der Waals surface area contributed by atoms with Crippen molar-refractivity contribution in [1.29, 1.82) is 0 Å². The lowest BCUT2D eigenvalue weighted by Crippen LogP contribution is -2.29. The normalized spacial score (nSPS) is 20.6. The molecule has 1 saturated carbocycles. The second-order valence-electron chi connectivity index (χ2n) is 9.17. The first-order valence-electron chi connectivity index (χ1n) is 12.9. The molecule has 0 aromatic heterocycles. The monoisotopic (exact) mass is 548 g/mol. The number of carbonyl (C=O) groups excluding carboxylic acids is 2. The lowest BCUT2D eigenvalue weighted by molar-refractivity contribution is -0.151. The highest BCUT2D eigenvalue weighted by Crippen LogP contribution is 2.29. The van der Waals surface area contributed by atoms with Crippen LogP contribution < -0.4 is 0 Å². The van der Waals surface area contributed by atoms with Gasteiger partial charge in [0.05, 0.1) is 39.6 Å². The Labute approximate surface area is 224 Å². The quantitative estimate of drug-likeness (QED) is 0.0838. The van der Waals surface area contributed by atoms with Gasteiger partial charge in [-0.25, -0.2) is 9.59 Å². The van der Waals surface area contributed by atoms with Crippen molar-refractivity contribution in [3.05, 3.63) is 25.3 Å². The molecule has 12 nitrogen and oxygen atoms in total. The summed E-state index contributed by atoms with van der Waals surface area (Å²) in [5.74, 6) is -0.382. The number of aliphatic hydroxyl groups excluding tert-OH is 4. The molecule has 1 aliphatic rings. The average molecular weight is 549 g/mol. The van der Waals surface area contributed by atoms with Gasteiger partial charge >= 0.3 is 11.9 Å². The van der Waals surface area contributed by atoms with Crippen LogP contribution in [-0.2, 0) is 38.0 Å². The van der Waals surface area contributed by atoms with Crippen LogP contribution in [0, 0.1) is 11.8 Å². The summed E-state index contributed by atoms with van der Waals surface area (Å²) in [4.78, 5) is 21.9. The van der Waals surface area contributed by atoms with Crippen LogP contribution in [0.1, 0.15) is 38.5 Å². The largest absolute Gasteiger partial charge is 0.462 e. The molecule has 220 valence electrons. The molecule has 4 N–H and O–H groups in total. The van der Waals surface area contributed by atoms with Crippen LogP contribution in [0.25, 0.3) is 0 Å². The Bertz CT molecular complexity index is 609. The fraction of sp³-hybridized carbons (Fsp3) is 0.769. The third kappa shape index (κ3) is 17.6. The fourth-order valence-corrected chi connectivity index (χ4v) is 3.65. The Kier molecular flexibility index (Phi) is 18.8. The highest BCUT2D eigenvalue weighted by Gasteiger charge is 2.22. The third-order valence-corrected chi connectivity index (χ3v) is 5.81. The molecule has 1 fully saturated rings. The Hall–Kier alpha value is -1.90. The van der Waals surface area contributed by atoms with Crippen LogP contribution in [0.15, 0.2) is 25.3 Å². The van der Waals surface area contributed by atoms with Gasteiger partial charge in [0, 0.05) is 38.2 Å². The molecule has 38 heavy (non-hydrogen) atoms. The van der Waals surface area contributed by atoms with Crippen LogP contribution in [-0.4, -0.2) is 110 Å². The number of hydrogen-bond acceptors (Lipinski definition) is 12. The minimum Gasteiger partial charge on any atom is -0.462 e. The van der Waals surface area contributed by atoms with Crippen molar-refractivity contribution in [3.8, 4) is 0 Å². The van der Waals surface area contributed by atoms with E-state index in [2.05, 4.69) is 13.2 Å². The van der Waals surface area contributed by atoms with Gasteiger partial charge in [-0.3, -0.25) is 0 Å². The van der Waals surface area contributed by atoms with Crippen molar-refractivity contribution < 1.29 is 58.4 Å². The second kappa shape index (κ2) is 21.0. The number of ether oxygens (including phenoxy) is 6. The van der Waals surface area contributed by atoms with E-state index in [1.807, 2.05) is 0 Å². The van der Waals surface area contributed by atoms with E-state index in [9.17, 15) is 30.0 Å². The third-order valence-electron chi connectivity index (χ3n) is 5.81. The summed E-state index contributed by atoms with van der Waals surface area (Å²) in [5.41, 5.74) is 0. The molecule has 4 atom stereocenters. The molecule has 0 aromatic rings. The van der Waals surface area contributed by atoms with E-state index in [-0.39, 0.29) is 52.5 Å². The first kappa shape index (κ1) is 34.1. The molecule has 0 radical (unpaired) electrons. The van der Waals surface area contributed by atoms with E-state index >= 15 is 0 Å². The molecule has 0 heterocycles. The molecule has 1 aliphatic carbocycles. The number of esters is 2. The molecule has 0 aliphatic heterocycles. The van der Waals surface area contributed by atoms with Gasteiger partial charge in [-0.15, -0.1) is 0 Å². The van der Waals surface area contributed by atoms with Gasteiger partial charge in [0.25, 0.3) is 0 Å². The van der Waals surface area contributed by atoms with Gasteiger partial charge in [0.2, 0.25) is 0 Å². The zero-order valence-electron chi connectivity index (χ0n) is 22.0. The van der Waals surface area contributed by atoms with Gasteiger partial charge in [-0.05, 0) is 37.5 Å². The van der Waals surface area contributed by atoms with Crippen molar-refractivity contribution in [1.82, 2.24) is 0 Å². The lowest BCUT2D eigenvalue weighted by Gasteiger charge is -2.28. The summed E-state index contributed by atoms with van der Waals surface area (Å²) in [6.07, 6.45) is 2.06. The van der Waals surface area contributed by atoms with E-state index in [4.69, 9.17) is 28.4 Å². The van der Waals surface area contributed by atoms with Crippen molar-refractivity contribution in [2.24, 2.45) is 11.8 Å². The minimum atomic E-state index is -1.15. The Morgan fingerprint density at radius 2 is 1.05 bits per heavy atom. The van der Waals surface area contributed by atoms with Crippen LogP contribution in [0.2, 0.25) is 0 Å². The standard InChI is InChI=1S/C26H44O12/c1-3-23(29)35-11-9-25(31)37-17-21(27)15-33-13-19-5-7-20(8-6-19)14-34-16-22(28)18-38-26(32)10-12-36-24(30)4-2/h3-4,19-22,25-28,31-32H,1-2,5-18H2/t19?,20?,21?,22?,25-,26?/m1/s1. The Morgan fingerprint density at radius 3 is 1.39 bits per heavy atom. The number of aliphatic hydroxyl groups is 4. The van der Waals surface area contributed by atoms with E-state index in [0.29, 0.717) is 25.0 Å². The first-order chi connectivity index (χ1) is 18.2. The Balaban J connectivity index is 2.02. The lowest BCUT2D eigenvalue weighted by atomic mass is 9.83. The van der Waals surface area contributed by atoms with Crippen molar-refractivity contribution in [3.63, 3.8) is 0 Å². The van der Waals surface area contributed by atoms with Crippen molar-refractivity contribution in [2.45, 2.75) is 63.3 Å². The highest BCUT2D eigenvalue weighted by atomic mass is 16.6. The number of carbonyl (C=O) groups is 2. The maximum absolute atomic E-state index is 10.9. The Morgan fingerprint density at radius 1 is 0.684 bits per heavy atom. The molecule has 0 spiro atoms.